The first kappa shape index (κ1) is 28.8. The Labute approximate surface area is 251 Å². The summed E-state index contributed by atoms with van der Waals surface area (Å²) in [6, 6.07) is 14.4. The number of hydrogen-bond donors (Lipinski definition) is 0. The number of halogens is 1. The molecule has 2 aliphatic rings. The van der Waals surface area contributed by atoms with Crippen LogP contribution in [0.3, 0.4) is 0 Å². The van der Waals surface area contributed by atoms with E-state index in [-0.39, 0.29) is 17.9 Å². The highest BCUT2D eigenvalue weighted by Crippen LogP contribution is 2.49. The molecule has 0 unspecified atom stereocenters. The number of rotatable bonds is 9. The number of hydrogen-bond acceptors (Lipinski definition) is 5. The van der Waals surface area contributed by atoms with Crippen LogP contribution >= 0.6 is 0 Å². The van der Waals surface area contributed by atoms with Crippen LogP contribution in [0, 0.1) is 11.7 Å². The van der Waals surface area contributed by atoms with Crippen LogP contribution in [0.4, 0.5) is 4.39 Å². The molecule has 224 valence electrons. The van der Waals surface area contributed by atoms with Crippen LogP contribution in [0.2, 0.25) is 0 Å². The topological polar surface area (TPSA) is 82.3 Å². The predicted molar refractivity (Wildman–Crippen MR) is 162 cm³/mol. The number of nitrogens with zero attached hydrogens (tertiary/aromatic N) is 5. The Morgan fingerprint density at radius 2 is 1.95 bits per heavy atom. The Hall–Kier alpha value is -4.27. The number of esters is 1. The van der Waals surface area contributed by atoms with Crippen molar-refractivity contribution in [2.24, 2.45) is 13.0 Å². The highest BCUT2D eigenvalue weighted by Gasteiger charge is 2.41. The zero-order chi connectivity index (χ0) is 30.1. The molecule has 1 saturated carbocycles. The van der Waals surface area contributed by atoms with Crippen molar-refractivity contribution in [3.05, 3.63) is 89.3 Å². The van der Waals surface area contributed by atoms with Gasteiger partial charge in [-0.05, 0) is 92.0 Å². The van der Waals surface area contributed by atoms with Crippen molar-refractivity contribution in [3.63, 3.8) is 0 Å². The Morgan fingerprint density at radius 1 is 1.09 bits per heavy atom. The number of aromatic nitrogens is 4. The molecule has 9 heteroatoms. The summed E-state index contributed by atoms with van der Waals surface area (Å²) in [5.74, 6) is -0.288. The van der Waals surface area contributed by atoms with Gasteiger partial charge in [0.1, 0.15) is 5.82 Å². The molecule has 8 nitrogen and oxygen atoms in total. The van der Waals surface area contributed by atoms with Crippen molar-refractivity contribution >= 4 is 11.9 Å². The van der Waals surface area contributed by atoms with E-state index in [0.717, 1.165) is 61.2 Å². The molecule has 1 aliphatic heterocycles. The van der Waals surface area contributed by atoms with Crippen molar-refractivity contribution in [2.75, 3.05) is 13.7 Å². The maximum absolute atomic E-state index is 15.0. The Balaban J connectivity index is 1.30. The lowest BCUT2D eigenvalue weighted by Gasteiger charge is -2.36. The molecule has 2 aromatic heterocycles. The molecule has 1 saturated heterocycles. The maximum Gasteiger partial charge on any atom is 0.339 e. The van der Waals surface area contributed by atoms with E-state index in [1.165, 1.54) is 19.2 Å². The monoisotopic (exact) mass is 583 g/mol. The fourth-order valence-electron chi connectivity index (χ4n) is 6.61. The molecular weight excluding hydrogens is 545 g/mol. The first-order chi connectivity index (χ1) is 20.9. The zero-order valence-electron chi connectivity index (χ0n) is 25.0. The molecule has 1 aliphatic carbocycles. The highest BCUT2D eigenvalue weighted by molar-refractivity contribution is 5.96. The quantitative estimate of drug-likeness (QED) is 0.215. The Bertz CT molecular complexity index is 1640. The van der Waals surface area contributed by atoms with Gasteiger partial charge in [-0.2, -0.15) is 0 Å². The van der Waals surface area contributed by atoms with E-state index in [1.54, 1.807) is 16.8 Å². The molecule has 0 bridgehead atoms. The maximum atomic E-state index is 15.0. The summed E-state index contributed by atoms with van der Waals surface area (Å²) in [4.78, 5) is 28.2. The van der Waals surface area contributed by atoms with Crippen LogP contribution in [0.5, 0.6) is 0 Å². The van der Waals surface area contributed by atoms with Gasteiger partial charge in [0.2, 0.25) is 0 Å². The summed E-state index contributed by atoms with van der Waals surface area (Å²) in [5.41, 5.74) is 5.01. The van der Waals surface area contributed by atoms with Gasteiger partial charge in [0.05, 0.1) is 18.4 Å². The minimum Gasteiger partial charge on any atom is -0.465 e. The van der Waals surface area contributed by atoms with Gasteiger partial charge in [0, 0.05) is 54.9 Å². The van der Waals surface area contributed by atoms with E-state index >= 15 is 0 Å². The number of methoxy groups -OCH3 is 1. The Morgan fingerprint density at radius 3 is 2.72 bits per heavy atom. The van der Waals surface area contributed by atoms with Gasteiger partial charge in [-0.15, -0.1) is 5.10 Å². The van der Waals surface area contributed by atoms with Crippen molar-refractivity contribution in [1.29, 1.82) is 0 Å². The Kier molecular flexibility index (Phi) is 8.15. The van der Waals surface area contributed by atoms with Gasteiger partial charge >= 0.3 is 5.97 Å². The fourth-order valence-corrected chi connectivity index (χ4v) is 6.61. The fraction of sp³-hybridized carbons (Fsp3) is 0.412. The molecular formula is C34H38FN5O3. The number of likely N-dealkylation sites (tertiary alicyclic amines) is 1. The third-order valence-electron chi connectivity index (χ3n) is 8.89. The minimum absolute atomic E-state index is 0.104. The molecule has 0 radical (unpaired) electrons. The van der Waals surface area contributed by atoms with E-state index in [1.807, 2.05) is 53.2 Å². The highest BCUT2D eigenvalue weighted by atomic mass is 19.1. The number of ether oxygens (including phenoxy) is 1. The minimum atomic E-state index is -0.436. The van der Waals surface area contributed by atoms with Crippen LogP contribution < -0.4 is 0 Å². The normalized spacial score (nSPS) is 19.8. The van der Waals surface area contributed by atoms with E-state index in [9.17, 15) is 14.0 Å². The first-order valence-corrected chi connectivity index (χ1v) is 15.2. The number of carbonyl (C=O) groups excluding carboxylic acids is 2. The molecule has 0 spiro atoms. The third-order valence-corrected chi connectivity index (χ3v) is 8.89. The van der Waals surface area contributed by atoms with Crippen molar-refractivity contribution in [1.82, 2.24) is 24.5 Å². The number of aryl methyl sites for hydroxylation is 1. The van der Waals surface area contributed by atoms with Crippen LogP contribution in [-0.4, -0.2) is 56.0 Å². The molecule has 3 heterocycles. The molecule has 2 aromatic carbocycles. The van der Waals surface area contributed by atoms with Crippen LogP contribution in [0.15, 0.2) is 60.9 Å². The lowest BCUT2D eigenvalue weighted by molar-refractivity contribution is 0.0591. The zero-order valence-corrected chi connectivity index (χ0v) is 25.0. The molecule has 43 heavy (non-hydrogen) atoms. The summed E-state index contributed by atoms with van der Waals surface area (Å²) in [7, 11) is 3.25. The summed E-state index contributed by atoms with van der Waals surface area (Å²) >= 11 is 0. The van der Waals surface area contributed by atoms with E-state index in [2.05, 4.69) is 17.2 Å². The smallest absolute Gasteiger partial charge is 0.339 e. The number of benzene rings is 2. The van der Waals surface area contributed by atoms with Crippen LogP contribution in [-0.2, 0) is 18.2 Å². The average Bonchev–Trinajstić information content (AvgIpc) is 3.44. The lowest BCUT2D eigenvalue weighted by atomic mass is 9.96. The summed E-state index contributed by atoms with van der Waals surface area (Å²) in [6.45, 7) is 2.85. The molecule has 0 N–H and O–H groups in total. The molecule has 2 fully saturated rings. The molecule has 1 amide bonds. The summed E-state index contributed by atoms with van der Waals surface area (Å²) in [5, 5.41) is 8.35. The van der Waals surface area contributed by atoms with E-state index in [0.29, 0.717) is 41.5 Å². The van der Waals surface area contributed by atoms with Gasteiger partial charge in [-0.25, -0.2) is 9.18 Å². The summed E-state index contributed by atoms with van der Waals surface area (Å²) in [6.07, 6.45) is 10.5. The van der Waals surface area contributed by atoms with Gasteiger partial charge in [0.25, 0.3) is 5.91 Å². The molecule has 3 atom stereocenters. The third kappa shape index (κ3) is 5.98. The number of piperidine rings is 1. The van der Waals surface area contributed by atoms with Crippen LogP contribution in [0.25, 0.3) is 16.8 Å². The van der Waals surface area contributed by atoms with E-state index in [4.69, 9.17) is 4.74 Å². The SMILES string of the molecule is CCC[C@@H]1CCCCN1C(=O)c1cc(F)cc(-c2cccc(-n3ccc(C(=O)OC)c3C[C@@H]3C[C@H]3c3cn(C)nn3)c2)c1. The van der Waals surface area contributed by atoms with Gasteiger partial charge in [0.15, 0.2) is 0 Å². The number of amides is 1. The second-order valence-corrected chi connectivity index (χ2v) is 11.9. The number of carbonyl (C=O) groups is 2. The second kappa shape index (κ2) is 12.1. The summed E-state index contributed by atoms with van der Waals surface area (Å²) < 4.78 is 23.8. The second-order valence-electron chi connectivity index (χ2n) is 11.9. The first-order valence-electron chi connectivity index (χ1n) is 15.2. The van der Waals surface area contributed by atoms with Crippen molar-refractivity contribution < 1.29 is 18.7 Å². The standard InChI is InChI=1S/C34H38FN5O3/c1-4-8-27-10-5-6-13-40(27)33(41)25-15-23(16-26(35)17-25)22-9-7-11-28(18-22)39-14-12-29(34(42)43-3)32(39)20-24-19-30(24)31-21-38(2)37-36-31/h7,9,11-12,14-18,21,24,27,30H,4-6,8,10,13,19-20H2,1-3H3/t24-,27+,30+/m0/s1. The van der Waals surface area contributed by atoms with Gasteiger partial charge < -0.3 is 14.2 Å². The van der Waals surface area contributed by atoms with Crippen molar-refractivity contribution in [3.8, 4) is 16.8 Å². The van der Waals surface area contributed by atoms with Gasteiger partial charge in [-0.3, -0.25) is 9.48 Å². The molecule has 6 rings (SSSR count). The average molecular weight is 584 g/mol. The van der Waals surface area contributed by atoms with Crippen molar-refractivity contribution in [2.45, 2.75) is 63.8 Å². The largest absolute Gasteiger partial charge is 0.465 e. The van der Waals surface area contributed by atoms with Crippen LogP contribution in [0.1, 0.15) is 83.5 Å². The lowest BCUT2D eigenvalue weighted by Crippen LogP contribution is -2.43. The molecule has 4 aromatic rings. The predicted octanol–water partition coefficient (Wildman–Crippen LogP) is 6.34. The van der Waals surface area contributed by atoms with Gasteiger partial charge in [-0.1, -0.05) is 30.7 Å². The van der Waals surface area contributed by atoms with E-state index < -0.39 is 5.82 Å².